The van der Waals surface area contributed by atoms with Crippen molar-refractivity contribution in [2.24, 2.45) is 64.1 Å². The molecule has 6 aliphatic carbocycles. The number of piperidine rings is 1. The predicted octanol–water partition coefficient (Wildman–Crippen LogP) is 11.2. The zero-order valence-electron chi connectivity index (χ0n) is 40.6. The molecule has 0 spiro atoms. The molecule has 7 aliphatic rings. The Morgan fingerprint density at radius 2 is 1.50 bits per heavy atom. The standard InChI is InChI=1S/C56H76ClN3O6/c1-35(2)49-46(61)32-56(58-53(64)60(30-29-59-27-11-8-12-28-59)33-38-15-17-40(57)18-16-38)26-22-45-41(50(49)56)19-20-48-54(5)25-23-47(37(4)44(54)21-24-55(45,48)6)66-52(63)43-31-42(36(43)3)51(62)65-34-39-13-9-7-10-14-39/h7,9-10,13-18,35-37,41-45,47-48H,8,11-12,19-34H2,1-6H3,(H,58,64). The first-order chi connectivity index (χ1) is 31.6. The Bertz CT molecular complexity index is 2150. The minimum atomic E-state index is -0.653. The van der Waals surface area contributed by atoms with Crippen LogP contribution in [0.1, 0.15) is 136 Å². The molecule has 9 nitrogen and oxygen atoms in total. The van der Waals surface area contributed by atoms with Gasteiger partial charge in [0.15, 0.2) is 5.78 Å². The van der Waals surface area contributed by atoms with E-state index in [1.807, 2.05) is 66.4 Å². The maximum absolute atomic E-state index is 14.8. The van der Waals surface area contributed by atoms with Gasteiger partial charge in [0.25, 0.3) is 0 Å². The number of Topliss-reactive ketones (excluding diaryl/α,β-unsaturated/α-hetero) is 1. The molecule has 2 aromatic carbocycles. The number of fused-ring (bicyclic) bond motifs is 7. The van der Waals surface area contributed by atoms with E-state index in [1.54, 1.807) is 0 Å². The first kappa shape index (κ1) is 47.4. The monoisotopic (exact) mass is 922 g/mol. The van der Waals surface area contributed by atoms with Crippen LogP contribution in [0.15, 0.2) is 65.7 Å². The lowest BCUT2D eigenvalue weighted by molar-refractivity contribution is -0.196. The number of hydrogen-bond donors (Lipinski definition) is 1. The third-order valence-electron chi connectivity index (χ3n) is 19.0. The lowest BCUT2D eigenvalue weighted by atomic mass is 9.38. The van der Waals surface area contributed by atoms with Crippen LogP contribution in [-0.4, -0.2) is 71.4 Å². The highest BCUT2D eigenvalue weighted by molar-refractivity contribution is 6.30. The van der Waals surface area contributed by atoms with Gasteiger partial charge in [0.2, 0.25) is 0 Å². The quantitative estimate of drug-likeness (QED) is 0.211. The summed E-state index contributed by atoms with van der Waals surface area (Å²) in [5.41, 5.74) is 3.83. The molecule has 2 aromatic rings. The van der Waals surface area contributed by atoms with E-state index < -0.39 is 5.54 Å². The third kappa shape index (κ3) is 8.80. The molecule has 358 valence electrons. The Morgan fingerprint density at radius 1 is 0.818 bits per heavy atom. The minimum Gasteiger partial charge on any atom is -0.462 e. The zero-order chi connectivity index (χ0) is 46.5. The van der Waals surface area contributed by atoms with E-state index in [4.69, 9.17) is 21.1 Å². The SMILES string of the molecule is CC(C)C1=C2C3CCC4C(C)(CCC5C(C)C(OC(=O)C6CC(C(=O)OCc7ccccc7)C6C)CCC54C)C3CCC2(NC(=O)N(CCN2CCCCC2)Cc2ccc(Cl)cc2)CC1=O. The van der Waals surface area contributed by atoms with E-state index in [1.165, 1.54) is 24.8 Å². The van der Waals surface area contributed by atoms with Gasteiger partial charge in [-0.15, -0.1) is 0 Å². The lowest BCUT2D eigenvalue weighted by Gasteiger charge is -2.67. The van der Waals surface area contributed by atoms with E-state index in [0.29, 0.717) is 48.7 Å². The summed E-state index contributed by atoms with van der Waals surface area (Å²) in [6, 6.07) is 17.5. The number of benzene rings is 2. The second-order valence-electron chi connectivity index (χ2n) is 22.9. The number of amides is 2. The Labute approximate surface area is 399 Å². The fourth-order valence-corrected chi connectivity index (χ4v) is 15.6. The normalized spacial score (nSPS) is 36.3. The number of esters is 2. The first-order valence-corrected chi connectivity index (χ1v) is 26.2. The second-order valence-corrected chi connectivity index (χ2v) is 23.3. The fourth-order valence-electron chi connectivity index (χ4n) is 15.5. The van der Waals surface area contributed by atoms with Gasteiger partial charge in [-0.1, -0.05) is 102 Å². The molecule has 0 bridgehead atoms. The average molecular weight is 923 g/mol. The van der Waals surface area contributed by atoms with Crippen LogP contribution in [0.5, 0.6) is 0 Å². The van der Waals surface area contributed by atoms with Crippen molar-refractivity contribution in [3.63, 3.8) is 0 Å². The number of carbonyl (C=O) groups is 4. The number of nitrogens with one attached hydrogen (secondary N) is 1. The van der Waals surface area contributed by atoms with Gasteiger partial charge in [0.1, 0.15) is 12.7 Å². The summed E-state index contributed by atoms with van der Waals surface area (Å²) in [6.07, 6.45) is 12.5. The van der Waals surface area contributed by atoms with E-state index in [2.05, 4.69) is 44.8 Å². The molecule has 12 atom stereocenters. The molecule has 0 radical (unpaired) electrons. The van der Waals surface area contributed by atoms with Crippen molar-refractivity contribution in [2.75, 3.05) is 26.2 Å². The van der Waals surface area contributed by atoms with Crippen LogP contribution in [0, 0.1) is 64.1 Å². The van der Waals surface area contributed by atoms with Gasteiger partial charge in [0.05, 0.1) is 17.4 Å². The highest BCUT2D eigenvalue weighted by Gasteiger charge is 2.65. The van der Waals surface area contributed by atoms with Crippen LogP contribution in [0.3, 0.4) is 0 Å². The molecular weight excluding hydrogens is 846 g/mol. The Morgan fingerprint density at radius 3 is 2.21 bits per heavy atom. The molecular formula is C56H76ClN3O6. The van der Waals surface area contributed by atoms with Crippen molar-refractivity contribution in [3.8, 4) is 0 Å². The highest BCUT2D eigenvalue weighted by Crippen LogP contribution is 2.70. The Hall–Kier alpha value is -3.69. The van der Waals surface area contributed by atoms with Crippen molar-refractivity contribution in [3.05, 3.63) is 81.9 Å². The number of likely N-dealkylation sites (tertiary alicyclic amines) is 1. The molecule has 1 heterocycles. The molecule has 1 N–H and O–H groups in total. The van der Waals surface area contributed by atoms with Crippen molar-refractivity contribution >= 4 is 35.4 Å². The summed E-state index contributed by atoms with van der Waals surface area (Å²) in [5.74, 6) is 1.24. The number of carbonyl (C=O) groups excluding carboxylic acids is 4. The van der Waals surface area contributed by atoms with Gasteiger partial charge in [-0.2, -0.15) is 0 Å². The molecule has 0 aromatic heterocycles. The Balaban J connectivity index is 0.876. The maximum Gasteiger partial charge on any atom is 0.318 e. The van der Waals surface area contributed by atoms with Crippen LogP contribution in [-0.2, 0) is 37.0 Å². The number of ether oxygens (including phenoxy) is 2. The average Bonchev–Trinajstić information content (AvgIpc) is 3.60. The molecule has 12 unspecified atom stereocenters. The van der Waals surface area contributed by atoms with Crippen molar-refractivity contribution in [2.45, 2.75) is 150 Å². The van der Waals surface area contributed by atoms with Gasteiger partial charge in [-0.25, -0.2) is 4.79 Å². The summed E-state index contributed by atoms with van der Waals surface area (Å²) < 4.78 is 12.1. The fraction of sp³-hybridized carbons (Fsp3) is 0.679. The number of rotatable bonds is 12. The maximum atomic E-state index is 14.8. The van der Waals surface area contributed by atoms with E-state index in [0.717, 1.165) is 87.7 Å². The summed E-state index contributed by atoms with van der Waals surface area (Å²) in [7, 11) is 0. The van der Waals surface area contributed by atoms with Gasteiger partial charge >= 0.3 is 18.0 Å². The molecule has 1 aliphatic heterocycles. The van der Waals surface area contributed by atoms with E-state index in [-0.39, 0.29) is 82.8 Å². The molecule has 6 fully saturated rings. The van der Waals surface area contributed by atoms with Crippen LogP contribution in [0.4, 0.5) is 4.79 Å². The molecule has 9 rings (SSSR count). The van der Waals surface area contributed by atoms with Gasteiger partial charge in [-0.05, 0) is 170 Å². The van der Waals surface area contributed by atoms with Gasteiger partial charge in [-0.3, -0.25) is 14.4 Å². The number of nitrogens with zero attached hydrogens (tertiary/aromatic N) is 2. The van der Waals surface area contributed by atoms with Gasteiger partial charge in [0, 0.05) is 31.1 Å². The molecule has 66 heavy (non-hydrogen) atoms. The van der Waals surface area contributed by atoms with Crippen molar-refractivity contribution in [1.29, 1.82) is 0 Å². The van der Waals surface area contributed by atoms with E-state index >= 15 is 0 Å². The van der Waals surface area contributed by atoms with Gasteiger partial charge < -0.3 is 24.6 Å². The molecule has 2 amide bonds. The lowest BCUT2D eigenvalue weighted by Crippen LogP contribution is -2.63. The van der Waals surface area contributed by atoms with Crippen LogP contribution in [0.25, 0.3) is 0 Å². The number of hydrogen-bond acceptors (Lipinski definition) is 7. The second kappa shape index (κ2) is 19.0. The summed E-state index contributed by atoms with van der Waals surface area (Å²) in [6.45, 7) is 18.2. The van der Waals surface area contributed by atoms with Crippen LogP contribution < -0.4 is 5.32 Å². The molecule has 10 heteroatoms. The smallest absolute Gasteiger partial charge is 0.318 e. The van der Waals surface area contributed by atoms with Crippen LogP contribution >= 0.6 is 11.6 Å². The zero-order valence-corrected chi connectivity index (χ0v) is 41.4. The summed E-state index contributed by atoms with van der Waals surface area (Å²) in [5, 5.41) is 4.35. The Kier molecular flexibility index (Phi) is 13.6. The molecule has 1 saturated heterocycles. The van der Waals surface area contributed by atoms with Crippen molar-refractivity contribution < 1.29 is 28.7 Å². The predicted molar refractivity (Wildman–Crippen MR) is 258 cm³/mol. The first-order valence-electron chi connectivity index (χ1n) is 25.8. The largest absolute Gasteiger partial charge is 0.462 e. The molecule has 5 saturated carbocycles. The van der Waals surface area contributed by atoms with Crippen LogP contribution in [0.2, 0.25) is 5.02 Å². The van der Waals surface area contributed by atoms with Crippen molar-refractivity contribution in [1.82, 2.24) is 15.1 Å². The highest BCUT2D eigenvalue weighted by atomic mass is 35.5. The summed E-state index contributed by atoms with van der Waals surface area (Å²) >= 11 is 6.28. The summed E-state index contributed by atoms with van der Waals surface area (Å²) in [4.78, 5) is 60.3. The third-order valence-corrected chi connectivity index (χ3v) is 19.3. The number of halogens is 1. The number of allylic oxidation sites excluding steroid dienone is 1. The number of urea groups is 1. The van der Waals surface area contributed by atoms with E-state index in [9.17, 15) is 19.2 Å². The number of ketones is 1. The minimum absolute atomic E-state index is 0.0667. The topological polar surface area (TPSA) is 105 Å².